The molecule has 0 fully saturated rings. The molecule has 0 radical (unpaired) electrons. The third-order valence-corrected chi connectivity index (χ3v) is 2.99. The van der Waals surface area contributed by atoms with E-state index in [0.29, 0.717) is 15.0 Å². The number of nitro benzene ring substituents is 1. The van der Waals surface area contributed by atoms with Crippen LogP contribution in [0, 0.1) is 17.0 Å². The predicted octanol–water partition coefficient (Wildman–Crippen LogP) is 3.08. The van der Waals surface area contributed by atoms with E-state index in [4.69, 9.17) is 11.6 Å². The summed E-state index contributed by atoms with van der Waals surface area (Å²) in [6.07, 6.45) is 0. The summed E-state index contributed by atoms with van der Waals surface area (Å²) in [5.74, 6) is 0. The molecular formula is C9H6ClN3O2S. The van der Waals surface area contributed by atoms with Crippen molar-refractivity contribution >= 4 is 28.6 Å². The Morgan fingerprint density at radius 3 is 2.69 bits per heavy atom. The monoisotopic (exact) mass is 255 g/mol. The first kappa shape index (κ1) is 11.0. The van der Waals surface area contributed by atoms with E-state index in [0.717, 1.165) is 5.56 Å². The molecule has 2 aromatic rings. The van der Waals surface area contributed by atoms with Crippen molar-refractivity contribution < 1.29 is 4.92 Å². The summed E-state index contributed by atoms with van der Waals surface area (Å²) in [5, 5.41) is 18.8. The first-order valence-corrected chi connectivity index (χ1v) is 5.51. The Labute approximate surface area is 99.9 Å². The molecule has 1 aromatic heterocycles. The van der Waals surface area contributed by atoms with Crippen LogP contribution in [0.25, 0.3) is 10.6 Å². The average Bonchev–Trinajstić information content (AvgIpc) is 2.64. The second-order valence-electron chi connectivity index (χ2n) is 3.17. The van der Waals surface area contributed by atoms with Crippen molar-refractivity contribution in [3.8, 4) is 10.6 Å². The van der Waals surface area contributed by atoms with E-state index in [1.165, 1.54) is 23.5 Å². The molecule has 0 unspecified atom stereocenters. The summed E-state index contributed by atoms with van der Waals surface area (Å²) in [7, 11) is 0. The number of non-ortho nitro benzene ring substituents is 1. The highest BCUT2D eigenvalue weighted by atomic mass is 35.5. The lowest BCUT2D eigenvalue weighted by Gasteiger charge is -1.98. The Bertz CT molecular complexity index is 555. The number of aryl methyl sites for hydroxylation is 1. The molecule has 0 atom stereocenters. The Kier molecular flexibility index (Phi) is 2.84. The van der Waals surface area contributed by atoms with Crippen molar-refractivity contribution in [1.29, 1.82) is 0 Å². The molecule has 0 saturated carbocycles. The molecule has 82 valence electrons. The smallest absolute Gasteiger partial charge is 0.258 e. The van der Waals surface area contributed by atoms with Crippen molar-refractivity contribution in [2.75, 3.05) is 0 Å². The Balaban J connectivity index is 2.53. The molecule has 16 heavy (non-hydrogen) atoms. The summed E-state index contributed by atoms with van der Waals surface area (Å²) in [6.45, 7) is 1.79. The van der Waals surface area contributed by atoms with Gasteiger partial charge in [-0.15, -0.1) is 10.2 Å². The van der Waals surface area contributed by atoms with Gasteiger partial charge in [-0.1, -0.05) is 11.3 Å². The van der Waals surface area contributed by atoms with Crippen LogP contribution in [0.4, 0.5) is 5.69 Å². The maximum absolute atomic E-state index is 10.7. The lowest BCUT2D eigenvalue weighted by molar-refractivity contribution is -0.384. The molecular weight excluding hydrogens is 250 g/mol. The molecule has 0 amide bonds. The minimum absolute atomic E-state index is 0.0429. The first-order valence-electron chi connectivity index (χ1n) is 4.32. The van der Waals surface area contributed by atoms with Crippen LogP contribution in [-0.2, 0) is 0 Å². The minimum Gasteiger partial charge on any atom is -0.258 e. The lowest BCUT2D eigenvalue weighted by Crippen LogP contribution is -1.90. The topological polar surface area (TPSA) is 68.9 Å². The standard InChI is InChI=1S/C9H6ClN3O2S/c1-5-2-6(4-7(3-5)13(14)15)8-11-12-9(10)16-8/h2-4H,1H3. The molecule has 0 bridgehead atoms. The van der Waals surface area contributed by atoms with Crippen LogP contribution in [0.2, 0.25) is 4.47 Å². The van der Waals surface area contributed by atoms with Crippen LogP contribution >= 0.6 is 22.9 Å². The zero-order valence-electron chi connectivity index (χ0n) is 8.18. The normalized spacial score (nSPS) is 10.4. The number of halogens is 1. The average molecular weight is 256 g/mol. The van der Waals surface area contributed by atoms with Gasteiger partial charge in [-0.2, -0.15) is 0 Å². The Morgan fingerprint density at radius 2 is 2.12 bits per heavy atom. The van der Waals surface area contributed by atoms with E-state index >= 15 is 0 Å². The maximum Gasteiger partial charge on any atom is 0.270 e. The van der Waals surface area contributed by atoms with Crippen molar-refractivity contribution in [3.05, 3.63) is 38.3 Å². The second kappa shape index (κ2) is 4.15. The third-order valence-electron chi connectivity index (χ3n) is 1.92. The van der Waals surface area contributed by atoms with E-state index in [1.54, 1.807) is 6.92 Å². The number of nitrogens with zero attached hydrogens (tertiary/aromatic N) is 3. The van der Waals surface area contributed by atoms with Crippen molar-refractivity contribution in [3.63, 3.8) is 0 Å². The van der Waals surface area contributed by atoms with Crippen LogP contribution in [0.5, 0.6) is 0 Å². The van der Waals surface area contributed by atoms with Crippen molar-refractivity contribution in [1.82, 2.24) is 10.2 Å². The number of aromatic nitrogens is 2. The van der Waals surface area contributed by atoms with Crippen molar-refractivity contribution in [2.24, 2.45) is 0 Å². The molecule has 2 rings (SSSR count). The van der Waals surface area contributed by atoms with Gasteiger partial charge >= 0.3 is 0 Å². The molecule has 0 aliphatic carbocycles. The number of hydrogen-bond acceptors (Lipinski definition) is 5. The van der Waals surface area contributed by atoms with E-state index in [-0.39, 0.29) is 5.69 Å². The molecule has 0 saturated heterocycles. The quantitative estimate of drug-likeness (QED) is 0.611. The van der Waals surface area contributed by atoms with Crippen molar-refractivity contribution in [2.45, 2.75) is 6.92 Å². The van der Waals surface area contributed by atoms with Gasteiger partial charge in [0, 0.05) is 17.7 Å². The van der Waals surface area contributed by atoms with Gasteiger partial charge in [0.1, 0.15) is 5.01 Å². The van der Waals surface area contributed by atoms with Crippen LogP contribution in [-0.4, -0.2) is 15.1 Å². The summed E-state index contributed by atoms with van der Waals surface area (Å²) in [6, 6.07) is 4.78. The number of nitro groups is 1. The van der Waals surface area contributed by atoms with E-state index in [9.17, 15) is 10.1 Å². The molecule has 7 heteroatoms. The minimum atomic E-state index is -0.431. The summed E-state index contributed by atoms with van der Waals surface area (Å²) in [5.41, 5.74) is 1.51. The largest absolute Gasteiger partial charge is 0.270 e. The first-order chi connectivity index (χ1) is 7.56. The Morgan fingerprint density at radius 1 is 1.38 bits per heavy atom. The third kappa shape index (κ3) is 2.17. The SMILES string of the molecule is Cc1cc(-c2nnc(Cl)s2)cc([N+](=O)[O-])c1. The van der Waals surface area contributed by atoms with E-state index in [2.05, 4.69) is 10.2 Å². The second-order valence-corrected chi connectivity index (χ2v) is 4.73. The molecule has 1 heterocycles. The summed E-state index contributed by atoms with van der Waals surface area (Å²) in [4.78, 5) is 10.3. The highest BCUT2D eigenvalue weighted by molar-refractivity contribution is 7.18. The fourth-order valence-electron chi connectivity index (χ4n) is 1.31. The molecule has 0 spiro atoms. The zero-order chi connectivity index (χ0) is 11.7. The highest BCUT2D eigenvalue weighted by Gasteiger charge is 2.12. The number of hydrogen-bond donors (Lipinski definition) is 0. The van der Waals surface area contributed by atoms with Gasteiger partial charge in [0.15, 0.2) is 0 Å². The number of benzene rings is 1. The van der Waals surface area contributed by atoms with E-state index in [1.807, 2.05) is 6.07 Å². The zero-order valence-corrected chi connectivity index (χ0v) is 9.75. The van der Waals surface area contributed by atoms with Crippen LogP contribution in [0.1, 0.15) is 5.56 Å². The van der Waals surface area contributed by atoms with Gasteiger partial charge < -0.3 is 0 Å². The lowest BCUT2D eigenvalue weighted by atomic mass is 10.1. The molecule has 0 aliphatic heterocycles. The van der Waals surface area contributed by atoms with Gasteiger partial charge in [0.25, 0.3) is 5.69 Å². The van der Waals surface area contributed by atoms with Crippen LogP contribution < -0.4 is 0 Å². The van der Waals surface area contributed by atoms with Crippen LogP contribution in [0.15, 0.2) is 18.2 Å². The maximum atomic E-state index is 10.7. The molecule has 1 aromatic carbocycles. The summed E-state index contributed by atoms with van der Waals surface area (Å²) >= 11 is 6.85. The highest BCUT2D eigenvalue weighted by Crippen LogP contribution is 2.29. The van der Waals surface area contributed by atoms with Gasteiger partial charge in [0.2, 0.25) is 4.47 Å². The molecule has 5 nitrogen and oxygen atoms in total. The Hall–Kier alpha value is -1.53. The number of rotatable bonds is 2. The fourth-order valence-corrected chi connectivity index (χ4v) is 2.13. The van der Waals surface area contributed by atoms with E-state index < -0.39 is 4.92 Å². The van der Waals surface area contributed by atoms with Gasteiger partial charge in [-0.3, -0.25) is 10.1 Å². The van der Waals surface area contributed by atoms with Crippen LogP contribution in [0.3, 0.4) is 0 Å². The molecule has 0 aliphatic rings. The van der Waals surface area contributed by atoms with Gasteiger partial charge in [-0.05, 0) is 30.2 Å². The predicted molar refractivity (Wildman–Crippen MR) is 61.7 cm³/mol. The van der Waals surface area contributed by atoms with Gasteiger partial charge in [-0.25, -0.2) is 0 Å². The fraction of sp³-hybridized carbons (Fsp3) is 0.111. The molecule has 0 N–H and O–H groups in total. The van der Waals surface area contributed by atoms with Gasteiger partial charge in [0.05, 0.1) is 4.92 Å². The summed E-state index contributed by atoms with van der Waals surface area (Å²) < 4.78 is 0.319.